The van der Waals surface area contributed by atoms with Gasteiger partial charge in [-0.1, -0.05) is 30.3 Å². The van der Waals surface area contributed by atoms with Gasteiger partial charge in [0.1, 0.15) is 6.04 Å². The molecule has 8 heteroatoms. The number of sulfonamides is 1. The zero-order chi connectivity index (χ0) is 21.7. The molecule has 1 heterocycles. The lowest BCUT2D eigenvalue weighted by molar-refractivity contribution is -0.119. The highest BCUT2D eigenvalue weighted by molar-refractivity contribution is 7.88. The molecule has 3 rings (SSSR count). The zero-order valence-corrected chi connectivity index (χ0v) is 18.1. The van der Waals surface area contributed by atoms with Crippen molar-refractivity contribution < 1.29 is 18.0 Å². The molecule has 1 atom stereocenters. The molecule has 1 N–H and O–H groups in total. The van der Waals surface area contributed by atoms with Gasteiger partial charge in [-0.15, -0.1) is 0 Å². The van der Waals surface area contributed by atoms with E-state index < -0.39 is 22.0 Å². The number of likely N-dealkylation sites (tertiary alicyclic amines) is 1. The van der Waals surface area contributed by atoms with E-state index in [9.17, 15) is 18.0 Å². The Morgan fingerprint density at radius 3 is 2.13 bits per heavy atom. The molecule has 1 fully saturated rings. The summed E-state index contributed by atoms with van der Waals surface area (Å²) in [7, 11) is -2.21. The first-order chi connectivity index (χ1) is 14.3. The fraction of sp³-hybridized carbons (Fsp3) is 0.364. The molecule has 0 spiro atoms. The van der Waals surface area contributed by atoms with E-state index in [2.05, 4.69) is 5.32 Å². The van der Waals surface area contributed by atoms with Crippen LogP contribution in [0.15, 0.2) is 54.6 Å². The third-order valence-corrected chi connectivity index (χ3v) is 6.55. The quantitative estimate of drug-likeness (QED) is 0.765. The van der Waals surface area contributed by atoms with Crippen LogP contribution in [0.4, 0.5) is 5.69 Å². The molecule has 2 aromatic carbocycles. The van der Waals surface area contributed by atoms with Gasteiger partial charge in [0, 0.05) is 31.4 Å². The maximum absolute atomic E-state index is 13.0. The van der Waals surface area contributed by atoms with Crippen LogP contribution in [0.3, 0.4) is 0 Å². The second-order valence-corrected chi connectivity index (χ2v) is 9.55. The van der Waals surface area contributed by atoms with Crippen molar-refractivity contribution >= 4 is 27.5 Å². The fourth-order valence-electron chi connectivity index (χ4n) is 3.54. The van der Waals surface area contributed by atoms with Crippen molar-refractivity contribution in [1.82, 2.24) is 9.21 Å². The summed E-state index contributed by atoms with van der Waals surface area (Å²) in [6, 6.07) is 14.4. The molecular formula is C22H27N3O4S. The monoisotopic (exact) mass is 429 g/mol. The Labute approximate surface area is 177 Å². The van der Waals surface area contributed by atoms with Crippen molar-refractivity contribution in [3.05, 3.63) is 65.7 Å². The molecular weight excluding hydrogens is 402 g/mol. The van der Waals surface area contributed by atoms with Crippen LogP contribution in [0, 0.1) is 0 Å². The van der Waals surface area contributed by atoms with Crippen molar-refractivity contribution in [1.29, 1.82) is 0 Å². The molecule has 0 bridgehead atoms. The van der Waals surface area contributed by atoms with Crippen LogP contribution in [0.5, 0.6) is 0 Å². The number of anilines is 1. The second kappa shape index (κ2) is 9.40. The summed E-state index contributed by atoms with van der Waals surface area (Å²) in [4.78, 5) is 27.4. The Bertz CT molecular complexity index is 985. The first-order valence-corrected chi connectivity index (χ1v) is 11.8. The third kappa shape index (κ3) is 5.25. The van der Waals surface area contributed by atoms with Gasteiger partial charge in [0.15, 0.2) is 0 Å². The summed E-state index contributed by atoms with van der Waals surface area (Å²) in [5.74, 6) is -0.476. The predicted molar refractivity (Wildman–Crippen MR) is 117 cm³/mol. The zero-order valence-electron chi connectivity index (χ0n) is 17.2. The number of nitrogens with zero attached hydrogens (tertiary/aromatic N) is 2. The number of benzene rings is 2. The molecule has 30 heavy (non-hydrogen) atoms. The van der Waals surface area contributed by atoms with Gasteiger partial charge in [0.2, 0.25) is 15.9 Å². The molecule has 1 unspecified atom stereocenters. The standard InChI is InChI=1S/C22H27N3O4S/c1-24(30(2,28)29)20(17-9-5-3-6-10-17)21(26)23-19-13-11-18(12-14-19)22(27)25-15-7-4-8-16-25/h3,5-6,9-14,20H,4,7-8,15-16H2,1-2H3,(H,23,26). The number of rotatable bonds is 6. The SMILES string of the molecule is CN(C(C(=O)Nc1ccc(C(=O)N2CCCCC2)cc1)c1ccccc1)S(C)(=O)=O. The van der Waals surface area contributed by atoms with Gasteiger partial charge in [0.05, 0.1) is 6.26 Å². The molecule has 7 nitrogen and oxygen atoms in total. The molecule has 0 aliphatic carbocycles. The van der Waals surface area contributed by atoms with Crippen LogP contribution >= 0.6 is 0 Å². The van der Waals surface area contributed by atoms with Gasteiger partial charge in [0.25, 0.3) is 5.91 Å². The maximum atomic E-state index is 13.0. The van der Waals surface area contributed by atoms with Crippen molar-refractivity contribution in [3.63, 3.8) is 0 Å². The van der Waals surface area contributed by atoms with Gasteiger partial charge < -0.3 is 10.2 Å². The van der Waals surface area contributed by atoms with E-state index in [1.165, 1.54) is 7.05 Å². The Kier molecular flexibility index (Phi) is 6.89. The summed E-state index contributed by atoms with van der Waals surface area (Å²) in [6.07, 6.45) is 4.26. The number of hydrogen-bond acceptors (Lipinski definition) is 4. The molecule has 0 aromatic heterocycles. The largest absolute Gasteiger partial charge is 0.339 e. The first kappa shape index (κ1) is 22.0. The summed E-state index contributed by atoms with van der Waals surface area (Å²) < 4.78 is 25.2. The van der Waals surface area contributed by atoms with Crippen LogP contribution < -0.4 is 5.32 Å². The van der Waals surface area contributed by atoms with Crippen molar-refractivity contribution in [2.24, 2.45) is 0 Å². The molecule has 160 valence electrons. The van der Waals surface area contributed by atoms with Gasteiger partial charge in [-0.2, -0.15) is 4.31 Å². The van der Waals surface area contributed by atoms with E-state index in [4.69, 9.17) is 0 Å². The second-order valence-electron chi connectivity index (χ2n) is 7.51. The van der Waals surface area contributed by atoms with E-state index in [0.717, 1.165) is 42.9 Å². The first-order valence-electron chi connectivity index (χ1n) is 9.95. The molecule has 0 radical (unpaired) electrons. The topological polar surface area (TPSA) is 86.8 Å². The number of carbonyl (C=O) groups is 2. The Morgan fingerprint density at radius 1 is 0.967 bits per heavy atom. The van der Waals surface area contributed by atoms with Gasteiger partial charge in [-0.25, -0.2) is 8.42 Å². The van der Waals surface area contributed by atoms with Gasteiger partial charge in [-0.3, -0.25) is 9.59 Å². The van der Waals surface area contributed by atoms with Gasteiger partial charge >= 0.3 is 0 Å². The molecule has 1 saturated heterocycles. The Morgan fingerprint density at radius 2 is 1.57 bits per heavy atom. The minimum atomic E-state index is -3.60. The maximum Gasteiger partial charge on any atom is 0.253 e. The lowest BCUT2D eigenvalue weighted by Crippen LogP contribution is -2.38. The van der Waals surface area contributed by atoms with Crippen LogP contribution in [0.25, 0.3) is 0 Å². The van der Waals surface area contributed by atoms with Crippen LogP contribution in [0.2, 0.25) is 0 Å². The smallest absolute Gasteiger partial charge is 0.253 e. The van der Waals surface area contributed by atoms with Crippen molar-refractivity contribution in [2.45, 2.75) is 25.3 Å². The molecule has 2 amide bonds. The number of carbonyl (C=O) groups excluding carboxylic acids is 2. The normalized spacial score (nSPS) is 15.6. The summed E-state index contributed by atoms with van der Waals surface area (Å²) in [5, 5.41) is 2.77. The summed E-state index contributed by atoms with van der Waals surface area (Å²) in [5.41, 5.74) is 1.64. The fourth-order valence-corrected chi connectivity index (χ4v) is 4.14. The number of likely N-dealkylation sites (N-methyl/N-ethyl adjacent to an activating group) is 1. The highest BCUT2D eigenvalue weighted by Crippen LogP contribution is 2.24. The number of amides is 2. The minimum Gasteiger partial charge on any atom is -0.339 e. The van der Waals surface area contributed by atoms with Crippen LogP contribution in [-0.4, -0.2) is 55.8 Å². The number of nitrogens with one attached hydrogen (secondary N) is 1. The highest BCUT2D eigenvalue weighted by Gasteiger charge is 2.30. The Balaban J connectivity index is 1.76. The highest BCUT2D eigenvalue weighted by atomic mass is 32.2. The molecule has 1 aliphatic rings. The number of hydrogen-bond donors (Lipinski definition) is 1. The van der Waals surface area contributed by atoms with Crippen LogP contribution in [0.1, 0.15) is 41.2 Å². The van der Waals surface area contributed by atoms with E-state index in [-0.39, 0.29) is 5.91 Å². The average molecular weight is 430 g/mol. The van der Waals surface area contributed by atoms with Crippen LogP contribution in [-0.2, 0) is 14.8 Å². The molecule has 1 aliphatic heterocycles. The van der Waals surface area contributed by atoms with Gasteiger partial charge in [-0.05, 0) is 49.1 Å². The molecule has 0 saturated carbocycles. The summed E-state index contributed by atoms with van der Waals surface area (Å²) >= 11 is 0. The van der Waals surface area contributed by atoms with E-state index in [0.29, 0.717) is 16.8 Å². The van der Waals surface area contributed by atoms with Crippen molar-refractivity contribution in [3.8, 4) is 0 Å². The third-order valence-electron chi connectivity index (χ3n) is 5.29. The summed E-state index contributed by atoms with van der Waals surface area (Å²) in [6.45, 7) is 1.54. The Hall–Kier alpha value is -2.71. The minimum absolute atomic E-state index is 0.00783. The average Bonchev–Trinajstić information content (AvgIpc) is 2.74. The lowest BCUT2D eigenvalue weighted by Gasteiger charge is -2.27. The van der Waals surface area contributed by atoms with E-state index in [1.807, 2.05) is 4.90 Å². The predicted octanol–water partition coefficient (Wildman–Crippen LogP) is 2.88. The van der Waals surface area contributed by atoms with E-state index in [1.54, 1.807) is 54.6 Å². The lowest BCUT2D eigenvalue weighted by atomic mass is 10.1. The number of piperidine rings is 1. The van der Waals surface area contributed by atoms with Crippen molar-refractivity contribution in [2.75, 3.05) is 31.7 Å². The molecule has 2 aromatic rings. The van der Waals surface area contributed by atoms with E-state index >= 15 is 0 Å².